The molecular weight excluding hydrogens is 264 g/mol. The Labute approximate surface area is 130 Å². The van der Waals surface area contributed by atoms with Gasteiger partial charge in [0.25, 0.3) is 0 Å². The van der Waals surface area contributed by atoms with Crippen molar-refractivity contribution in [1.29, 1.82) is 0 Å². The van der Waals surface area contributed by atoms with E-state index in [0.717, 1.165) is 23.7 Å². The minimum absolute atomic E-state index is 0.796. The summed E-state index contributed by atoms with van der Waals surface area (Å²) < 4.78 is 5.70. The molecule has 0 heterocycles. The Balaban J connectivity index is 1.87. The van der Waals surface area contributed by atoms with Crippen molar-refractivity contribution in [3.63, 3.8) is 0 Å². The van der Waals surface area contributed by atoms with Crippen LogP contribution in [0.1, 0.15) is 71.1 Å². The van der Waals surface area contributed by atoms with E-state index in [2.05, 4.69) is 6.92 Å². The van der Waals surface area contributed by atoms with Crippen LogP contribution in [0.15, 0.2) is 29.2 Å². The highest BCUT2D eigenvalue weighted by atomic mass is 32.1. The fourth-order valence-electron chi connectivity index (χ4n) is 2.34. The minimum atomic E-state index is 0.796. The summed E-state index contributed by atoms with van der Waals surface area (Å²) in [6.45, 7) is 3.07. The third-order valence-electron chi connectivity index (χ3n) is 3.60. The summed E-state index contributed by atoms with van der Waals surface area (Å²) in [5.74, 6) is 0.860. The van der Waals surface area contributed by atoms with Crippen LogP contribution in [-0.2, 0) is 0 Å². The molecule has 0 bridgehead atoms. The van der Waals surface area contributed by atoms with Crippen molar-refractivity contribution in [3.05, 3.63) is 24.3 Å². The van der Waals surface area contributed by atoms with Gasteiger partial charge in [0, 0.05) is 0 Å². The Hall–Kier alpha value is -0.760. The van der Waals surface area contributed by atoms with E-state index in [9.17, 15) is 0 Å². The molecule has 0 aliphatic rings. The van der Waals surface area contributed by atoms with Gasteiger partial charge in [0.1, 0.15) is 5.75 Å². The predicted molar refractivity (Wildman–Crippen MR) is 89.6 cm³/mol. The van der Waals surface area contributed by atoms with Crippen LogP contribution in [0.5, 0.6) is 5.75 Å². The Kier molecular flexibility index (Phi) is 10.4. The molecule has 20 heavy (non-hydrogen) atoms. The maximum absolute atomic E-state index is 5.70. The fourth-order valence-corrected chi connectivity index (χ4v) is 2.55. The molecule has 1 nitrogen and oxygen atoms in total. The topological polar surface area (TPSA) is 9.23 Å². The summed E-state index contributed by atoms with van der Waals surface area (Å²) in [7, 11) is 0. The molecule has 1 rings (SSSR count). The van der Waals surface area contributed by atoms with Gasteiger partial charge in [-0.15, -0.1) is 0 Å². The molecule has 1 aromatic carbocycles. The summed E-state index contributed by atoms with van der Waals surface area (Å²) >= 11 is 5.21. The zero-order valence-corrected chi connectivity index (χ0v) is 13.7. The molecular formula is C18H29OS. The SMILES string of the molecule is CCCCCCCCCCCCOc1ccccc1[S]. The van der Waals surface area contributed by atoms with Gasteiger partial charge in [-0.2, -0.15) is 0 Å². The van der Waals surface area contributed by atoms with Crippen molar-refractivity contribution in [2.24, 2.45) is 0 Å². The van der Waals surface area contributed by atoms with E-state index in [1.54, 1.807) is 0 Å². The second kappa shape index (κ2) is 12.0. The van der Waals surface area contributed by atoms with Crippen LogP contribution in [0.2, 0.25) is 0 Å². The third-order valence-corrected chi connectivity index (χ3v) is 3.94. The molecule has 113 valence electrons. The molecule has 1 radical (unpaired) electrons. The van der Waals surface area contributed by atoms with Crippen LogP contribution in [0.3, 0.4) is 0 Å². The zero-order valence-electron chi connectivity index (χ0n) is 12.9. The molecule has 0 spiro atoms. The molecule has 0 aliphatic carbocycles. The summed E-state index contributed by atoms with van der Waals surface area (Å²) in [6.07, 6.45) is 13.5. The van der Waals surface area contributed by atoms with E-state index in [1.807, 2.05) is 24.3 Å². The first kappa shape index (κ1) is 17.3. The molecule has 0 unspecified atom stereocenters. The van der Waals surface area contributed by atoms with Gasteiger partial charge >= 0.3 is 0 Å². The molecule has 0 aromatic heterocycles. The quantitative estimate of drug-likeness (QED) is 0.397. The van der Waals surface area contributed by atoms with Gasteiger partial charge in [-0.3, -0.25) is 0 Å². The molecule has 2 heteroatoms. The van der Waals surface area contributed by atoms with Gasteiger partial charge in [-0.25, -0.2) is 0 Å². The van der Waals surface area contributed by atoms with Gasteiger partial charge in [-0.1, -0.05) is 89.5 Å². The van der Waals surface area contributed by atoms with Gasteiger partial charge in [-0.05, 0) is 18.6 Å². The predicted octanol–water partition coefficient (Wildman–Crippen LogP) is 6.54. The van der Waals surface area contributed by atoms with Gasteiger partial charge in [0.15, 0.2) is 0 Å². The Morgan fingerprint density at radius 2 is 1.35 bits per heavy atom. The summed E-state index contributed by atoms with van der Waals surface area (Å²) in [6, 6.07) is 7.81. The zero-order chi connectivity index (χ0) is 14.5. The highest BCUT2D eigenvalue weighted by molar-refractivity contribution is 7.80. The Morgan fingerprint density at radius 3 is 1.95 bits per heavy atom. The van der Waals surface area contributed by atoms with Crippen molar-refractivity contribution in [2.45, 2.75) is 76.0 Å². The number of hydrogen-bond acceptors (Lipinski definition) is 1. The maximum atomic E-state index is 5.70. The van der Waals surface area contributed by atoms with Crippen LogP contribution >= 0.6 is 12.6 Å². The number of unbranched alkanes of at least 4 members (excludes halogenated alkanes) is 9. The minimum Gasteiger partial charge on any atom is -0.492 e. The van der Waals surface area contributed by atoms with Gasteiger partial charge in [0.2, 0.25) is 0 Å². The first-order valence-electron chi connectivity index (χ1n) is 8.23. The lowest BCUT2D eigenvalue weighted by atomic mass is 10.1. The normalized spacial score (nSPS) is 10.7. The molecule has 0 atom stereocenters. The van der Waals surface area contributed by atoms with E-state index in [-0.39, 0.29) is 0 Å². The van der Waals surface area contributed by atoms with Crippen molar-refractivity contribution < 1.29 is 4.74 Å². The Morgan fingerprint density at radius 1 is 0.800 bits per heavy atom. The third kappa shape index (κ3) is 8.42. The van der Waals surface area contributed by atoms with Crippen molar-refractivity contribution in [2.75, 3.05) is 6.61 Å². The molecule has 0 saturated heterocycles. The lowest BCUT2D eigenvalue weighted by Crippen LogP contribution is -1.97. The van der Waals surface area contributed by atoms with Crippen molar-refractivity contribution in [1.82, 2.24) is 0 Å². The molecule has 0 amide bonds. The van der Waals surface area contributed by atoms with Crippen LogP contribution in [-0.4, -0.2) is 6.61 Å². The largest absolute Gasteiger partial charge is 0.492 e. The lowest BCUT2D eigenvalue weighted by Gasteiger charge is -2.07. The lowest BCUT2D eigenvalue weighted by molar-refractivity contribution is 0.298. The number of ether oxygens (including phenoxy) is 1. The summed E-state index contributed by atoms with van der Waals surface area (Å²) in [4.78, 5) is 0.819. The van der Waals surface area contributed by atoms with E-state index < -0.39 is 0 Å². The monoisotopic (exact) mass is 293 g/mol. The van der Waals surface area contributed by atoms with Crippen molar-refractivity contribution in [3.8, 4) is 5.75 Å². The van der Waals surface area contributed by atoms with Gasteiger partial charge < -0.3 is 4.74 Å². The molecule has 1 aromatic rings. The summed E-state index contributed by atoms with van der Waals surface area (Å²) in [5.41, 5.74) is 0. The van der Waals surface area contributed by atoms with Crippen LogP contribution in [0.25, 0.3) is 0 Å². The van der Waals surface area contributed by atoms with E-state index in [0.29, 0.717) is 0 Å². The second-order valence-electron chi connectivity index (χ2n) is 5.48. The smallest absolute Gasteiger partial charge is 0.137 e. The molecule has 0 N–H and O–H groups in total. The average Bonchev–Trinajstić information content (AvgIpc) is 2.46. The fraction of sp³-hybridized carbons (Fsp3) is 0.667. The summed E-state index contributed by atoms with van der Waals surface area (Å²) in [5, 5.41) is 0. The highest BCUT2D eigenvalue weighted by Crippen LogP contribution is 2.21. The Bertz CT molecular complexity index is 338. The van der Waals surface area contributed by atoms with Crippen LogP contribution in [0.4, 0.5) is 0 Å². The number of rotatable bonds is 12. The maximum Gasteiger partial charge on any atom is 0.137 e. The number of para-hydroxylation sites is 1. The van der Waals surface area contributed by atoms with Crippen LogP contribution < -0.4 is 4.74 Å². The van der Waals surface area contributed by atoms with Gasteiger partial charge in [0.05, 0.1) is 11.5 Å². The first-order chi connectivity index (χ1) is 9.84. The first-order valence-corrected chi connectivity index (χ1v) is 8.64. The van der Waals surface area contributed by atoms with Crippen LogP contribution in [0, 0.1) is 0 Å². The average molecular weight is 293 g/mol. The molecule has 0 saturated carbocycles. The number of hydrogen-bond donors (Lipinski definition) is 0. The standard InChI is InChI=1S/C18H29OS/c1-2-3-4-5-6-7-8-9-10-13-16-19-17-14-11-12-15-18(17)20/h11-12,14-15H,2-10,13,16H2,1H3. The number of benzene rings is 1. The molecule has 0 fully saturated rings. The van der Waals surface area contributed by atoms with E-state index in [1.165, 1.54) is 57.8 Å². The van der Waals surface area contributed by atoms with Crippen molar-refractivity contribution >= 4 is 12.6 Å². The van der Waals surface area contributed by atoms with E-state index in [4.69, 9.17) is 17.4 Å². The molecule has 0 aliphatic heterocycles. The second-order valence-corrected chi connectivity index (χ2v) is 5.92. The highest BCUT2D eigenvalue weighted by Gasteiger charge is 1.99. The van der Waals surface area contributed by atoms with E-state index >= 15 is 0 Å².